The van der Waals surface area contributed by atoms with Crippen molar-refractivity contribution in [3.8, 4) is 0 Å². The van der Waals surface area contributed by atoms with Crippen LogP contribution >= 0.6 is 0 Å². The number of methoxy groups -OCH3 is 1. The predicted octanol–water partition coefficient (Wildman–Crippen LogP) is -0.513. The molecule has 100 valence electrons. The van der Waals surface area contributed by atoms with Gasteiger partial charge in [0, 0.05) is 13.2 Å². The molecular formula is C10H19NO5S. The van der Waals surface area contributed by atoms with Crippen LogP contribution in [0.5, 0.6) is 0 Å². The van der Waals surface area contributed by atoms with Crippen molar-refractivity contribution in [2.24, 2.45) is 11.8 Å². The lowest BCUT2D eigenvalue weighted by atomic mass is 9.97. The Balaban J connectivity index is 2.41. The largest absolute Gasteiger partial charge is 0.468 e. The van der Waals surface area contributed by atoms with Crippen molar-refractivity contribution in [2.45, 2.75) is 19.3 Å². The van der Waals surface area contributed by atoms with Gasteiger partial charge in [-0.2, -0.15) is 0 Å². The Morgan fingerprint density at radius 1 is 1.41 bits per heavy atom. The first-order valence-electron chi connectivity index (χ1n) is 5.63. The molecule has 0 aromatic rings. The molecule has 0 bridgehead atoms. The highest BCUT2D eigenvalue weighted by atomic mass is 32.2. The van der Waals surface area contributed by atoms with Crippen LogP contribution in [-0.4, -0.2) is 45.5 Å². The van der Waals surface area contributed by atoms with Gasteiger partial charge in [0.25, 0.3) is 0 Å². The Labute approximate surface area is 101 Å². The molecule has 0 saturated heterocycles. The van der Waals surface area contributed by atoms with Crippen LogP contribution in [0.3, 0.4) is 0 Å². The molecule has 0 aromatic heterocycles. The van der Waals surface area contributed by atoms with E-state index in [4.69, 9.17) is 5.11 Å². The Hall–Kier alpha value is -0.660. The molecule has 7 heteroatoms. The standard InChI is InChI=1S/C10H19NO5S/c1-16-10(13)7-17(14,15)11-5-8-3-2-4-9(8)6-12/h8-9,11-12H,2-7H2,1H3. The number of rotatable bonds is 6. The first-order valence-corrected chi connectivity index (χ1v) is 7.28. The summed E-state index contributed by atoms with van der Waals surface area (Å²) in [5.74, 6) is -1.11. The normalized spacial score (nSPS) is 24.8. The summed E-state index contributed by atoms with van der Waals surface area (Å²) in [7, 11) is -2.47. The molecule has 0 aromatic carbocycles. The minimum absolute atomic E-state index is 0.0867. The maximum absolute atomic E-state index is 11.5. The number of aliphatic hydroxyl groups excluding tert-OH is 1. The summed E-state index contributed by atoms with van der Waals surface area (Å²) in [6, 6.07) is 0. The third-order valence-electron chi connectivity index (χ3n) is 3.15. The van der Waals surface area contributed by atoms with Crippen LogP contribution < -0.4 is 4.72 Å². The van der Waals surface area contributed by atoms with Gasteiger partial charge >= 0.3 is 5.97 Å². The van der Waals surface area contributed by atoms with Crippen LogP contribution in [0.15, 0.2) is 0 Å². The van der Waals surface area contributed by atoms with Gasteiger partial charge in [-0.1, -0.05) is 6.42 Å². The lowest BCUT2D eigenvalue weighted by Gasteiger charge is -2.17. The molecule has 2 N–H and O–H groups in total. The topological polar surface area (TPSA) is 92.7 Å². The van der Waals surface area contributed by atoms with Crippen molar-refractivity contribution >= 4 is 16.0 Å². The number of ether oxygens (including phenoxy) is 1. The number of carbonyl (C=O) groups excluding carboxylic acids is 1. The molecule has 2 atom stereocenters. The zero-order valence-corrected chi connectivity index (χ0v) is 10.7. The van der Waals surface area contributed by atoms with Crippen molar-refractivity contribution in [2.75, 3.05) is 26.0 Å². The third kappa shape index (κ3) is 4.61. The number of esters is 1. The lowest BCUT2D eigenvalue weighted by molar-refractivity contribution is -0.137. The molecule has 1 fully saturated rings. The van der Waals surface area contributed by atoms with Gasteiger partial charge in [-0.05, 0) is 24.7 Å². The summed E-state index contributed by atoms with van der Waals surface area (Å²) in [5, 5.41) is 9.10. The number of sulfonamides is 1. The molecule has 2 unspecified atom stereocenters. The molecule has 1 rings (SSSR count). The van der Waals surface area contributed by atoms with Gasteiger partial charge in [0.15, 0.2) is 5.75 Å². The second kappa shape index (κ2) is 6.32. The van der Waals surface area contributed by atoms with E-state index in [2.05, 4.69) is 9.46 Å². The van der Waals surface area contributed by atoms with Crippen LogP contribution in [0.2, 0.25) is 0 Å². The van der Waals surface area contributed by atoms with E-state index < -0.39 is 21.7 Å². The van der Waals surface area contributed by atoms with E-state index in [1.165, 1.54) is 0 Å². The molecule has 1 aliphatic rings. The third-order valence-corrected chi connectivity index (χ3v) is 4.37. The highest BCUT2D eigenvalue weighted by Gasteiger charge is 2.28. The summed E-state index contributed by atoms with van der Waals surface area (Å²) >= 11 is 0. The van der Waals surface area contributed by atoms with Crippen LogP contribution in [0.25, 0.3) is 0 Å². The fourth-order valence-electron chi connectivity index (χ4n) is 2.12. The Morgan fingerprint density at radius 3 is 2.65 bits per heavy atom. The Morgan fingerprint density at radius 2 is 2.06 bits per heavy atom. The van der Waals surface area contributed by atoms with Crippen LogP contribution in [-0.2, 0) is 19.6 Å². The minimum Gasteiger partial charge on any atom is -0.468 e. The summed E-state index contributed by atoms with van der Waals surface area (Å²) in [6.45, 7) is 0.369. The summed E-state index contributed by atoms with van der Waals surface area (Å²) in [4.78, 5) is 10.9. The Kier molecular flexibility index (Phi) is 5.35. The van der Waals surface area contributed by atoms with Crippen molar-refractivity contribution in [1.82, 2.24) is 4.72 Å². The van der Waals surface area contributed by atoms with Gasteiger partial charge in [-0.25, -0.2) is 13.1 Å². The zero-order chi connectivity index (χ0) is 12.9. The summed E-state index contributed by atoms with van der Waals surface area (Å²) < 4.78 is 29.6. The van der Waals surface area contributed by atoms with Gasteiger partial charge in [0.1, 0.15) is 0 Å². The molecule has 17 heavy (non-hydrogen) atoms. The fraction of sp³-hybridized carbons (Fsp3) is 0.900. The molecule has 0 spiro atoms. The quantitative estimate of drug-likeness (QED) is 0.631. The highest BCUT2D eigenvalue weighted by Crippen LogP contribution is 2.30. The van der Waals surface area contributed by atoms with Crippen LogP contribution in [0.1, 0.15) is 19.3 Å². The van der Waals surface area contributed by atoms with Crippen LogP contribution in [0, 0.1) is 11.8 Å². The molecular weight excluding hydrogens is 246 g/mol. The van der Waals surface area contributed by atoms with Gasteiger partial charge in [0.2, 0.25) is 10.0 Å². The van der Waals surface area contributed by atoms with Crippen molar-refractivity contribution in [1.29, 1.82) is 0 Å². The number of carbonyl (C=O) groups is 1. The van der Waals surface area contributed by atoms with E-state index in [1.54, 1.807) is 0 Å². The monoisotopic (exact) mass is 265 g/mol. The average molecular weight is 265 g/mol. The van der Waals surface area contributed by atoms with Gasteiger partial charge < -0.3 is 9.84 Å². The maximum Gasteiger partial charge on any atom is 0.322 e. The van der Waals surface area contributed by atoms with E-state index in [-0.39, 0.29) is 25.0 Å². The smallest absolute Gasteiger partial charge is 0.322 e. The van der Waals surface area contributed by atoms with E-state index in [1.807, 2.05) is 0 Å². The lowest BCUT2D eigenvalue weighted by Crippen LogP contribution is -2.35. The van der Waals surface area contributed by atoms with E-state index in [0.29, 0.717) is 0 Å². The van der Waals surface area contributed by atoms with Crippen molar-refractivity contribution < 1.29 is 23.1 Å². The molecule has 1 aliphatic carbocycles. The molecule has 0 heterocycles. The van der Waals surface area contributed by atoms with E-state index in [0.717, 1.165) is 26.4 Å². The second-order valence-corrected chi connectivity index (χ2v) is 6.12. The molecule has 0 aliphatic heterocycles. The summed E-state index contributed by atoms with van der Waals surface area (Å²) in [5.41, 5.74) is 0. The van der Waals surface area contributed by atoms with Gasteiger partial charge in [-0.15, -0.1) is 0 Å². The fourth-order valence-corrected chi connectivity index (χ4v) is 3.12. The van der Waals surface area contributed by atoms with Gasteiger partial charge in [-0.3, -0.25) is 4.79 Å². The highest BCUT2D eigenvalue weighted by molar-refractivity contribution is 7.90. The molecule has 6 nitrogen and oxygen atoms in total. The molecule has 0 amide bonds. The van der Waals surface area contributed by atoms with Crippen molar-refractivity contribution in [3.05, 3.63) is 0 Å². The zero-order valence-electron chi connectivity index (χ0n) is 9.89. The molecule has 1 saturated carbocycles. The van der Waals surface area contributed by atoms with Crippen molar-refractivity contribution in [3.63, 3.8) is 0 Å². The predicted molar refractivity (Wildman–Crippen MR) is 61.7 cm³/mol. The second-order valence-electron chi connectivity index (χ2n) is 4.32. The molecule has 0 radical (unpaired) electrons. The maximum atomic E-state index is 11.5. The first-order chi connectivity index (χ1) is 7.98. The number of nitrogens with one attached hydrogen (secondary N) is 1. The van der Waals surface area contributed by atoms with E-state index in [9.17, 15) is 13.2 Å². The minimum atomic E-state index is -3.62. The van der Waals surface area contributed by atoms with E-state index >= 15 is 0 Å². The number of hydrogen-bond acceptors (Lipinski definition) is 5. The SMILES string of the molecule is COC(=O)CS(=O)(=O)NCC1CCCC1CO. The van der Waals surface area contributed by atoms with Crippen LogP contribution in [0.4, 0.5) is 0 Å². The average Bonchev–Trinajstić information content (AvgIpc) is 2.73. The number of hydrogen-bond donors (Lipinski definition) is 2. The van der Waals surface area contributed by atoms with Gasteiger partial charge in [0.05, 0.1) is 7.11 Å². The first kappa shape index (κ1) is 14.4. The summed E-state index contributed by atoms with van der Waals surface area (Å²) in [6.07, 6.45) is 2.85. The Bertz CT molecular complexity index is 354. The number of aliphatic hydroxyl groups is 1.